The molecule has 0 aliphatic carbocycles. The van der Waals surface area contributed by atoms with E-state index in [1.165, 1.54) is 13.0 Å². The average molecular weight is 315 g/mol. The first-order chi connectivity index (χ1) is 9.72. The van der Waals surface area contributed by atoms with Gasteiger partial charge in [0.15, 0.2) is 0 Å². The van der Waals surface area contributed by atoms with Gasteiger partial charge in [-0.05, 0) is 38.9 Å². The van der Waals surface area contributed by atoms with Crippen molar-refractivity contribution in [1.29, 1.82) is 0 Å². The van der Waals surface area contributed by atoms with Crippen LogP contribution in [0.4, 0.5) is 5.69 Å². The van der Waals surface area contributed by atoms with Gasteiger partial charge in [0.2, 0.25) is 10.0 Å². The summed E-state index contributed by atoms with van der Waals surface area (Å²) in [6.07, 6.45) is 0. The Morgan fingerprint density at radius 3 is 2.33 bits per heavy atom. The maximum atomic E-state index is 12.4. The predicted molar refractivity (Wildman–Crippen MR) is 81.0 cm³/mol. The molecule has 0 aliphatic rings. The second-order valence-electron chi connectivity index (χ2n) is 4.82. The number of rotatable bonds is 7. The van der Waals surface area contributed by atoms with E-state index in [0.717, 1.165) is 6.54 Å². The van der Waals surface area contributed by atoms with Crippen molar-refractivity contribution in [3.63, 3.8) is 0 Å². The summed E-state index contributed by atoms with van der Waals surface area (Å²) in [5, 5.41) is 14.1. The number of likely N-dealkylation sites (N-methyl/N-ethyl adjacent to an activating group) is 1. The molecule has 0 saturated carbocycles. The Hall–Kier alpha value is -1.51. The molecule has 0 spiro atoms. The van der Waals surface area contributed by atoms with Crippen LogP contribution in [0.3, 0.4) is 0 Å². The number of nitrogens with one attached hydrogen (secondary N) is 2. The van der Waals surface area contributed by atoms with Crippen LogP contribution in [-0.2, 0) is 10.0 Å². The van der Waals surface area contributed by atoms with E-state index < -0.39 is 14.9 Å². The van der Waals surface area contributed by atoms with Gasteiger partial charge in [-0.25, -0.2) is 13.1 Å². The van der Waals surface area contributed by atoms with E-state index in [9.17, 15) is 18.5 Å². The number of nitro groups is 1. The molecular weight excluding hydrogens is 294 g/mol. The van der Waals surface area contributed by atoms with Crippen LogP contribution >= 0.6 is 0 Å². The van der Waals surface area contributed by atoms with E-state index >= 15 is 0 Å². The number of hydrogen-bond acceptors (Lipinski definition) is 5. The minimum absolute atomic E-state index is 0.00343. The minimum Gasteiger partial charge on any atom is -0.316 e. The summed E-state index contributed by atoms with van der Waals surface area (Å²) in [6.45, 7) is 8.12. The van der Waals surface area contributed by atoms with Crippen molar-refractivity contribution < 1.29 is 13.3 Å². The van der Waals surface area contributed by atoms with E-state index in [1.807, 2.05) is 6.92 Å². The third kappa shape index (κ3) is 3.99. The molecule has 0 fully saturated rings. The summed E-state index contributed by atoms with van der Waals surface area (Å²) in [5.41, 5.74) is 0.995. The topological polar surface area (TPSA) is 101 Å². The van der Waals surface area contributed by atoms with Gasteiger partial charge >= 0.3 is 0 Å². The molecule has 0 heterocycles. The van der Waals surface area contributed by atoms with Crippen LogP contribution in [0.15, 0.2) is 11.0 Å². The Balaban J connectivity index is 3.23. The predicted octanol–water partition coefficient (Wildman–Crippen LogP) is 1.41. The molecule has 2 N–H and O–H groups in total. The second kappa shape index (κ2) is 6.97. The fourth-order valence-electron chi connectivity index (χ4n) is 2.37. The summed E-state index contributed by atoms with van der Waals surface area (Å²) in [5.74, 6) is 0. The lowest BCUT2D eigenvalue weighted by atomic mass is 10.1. The summed E-state index contributed by atoms with van der Waals surface area (Å²) < 4.78 is 27.2. The van der Waals surface area contributed by atoms with Crippen LogP contribution in [0.5, 0.6) is 0 Å². The molecule has 1 aromatic carbocycles. The molecule has 0 unspecified atom stereocenters. The number of nitrogens with zero attached hydrogens (tertiary/aromatic N) is 1. The van der Waals surface area contributed by atoms with Crippen molar-refractivity contribution in [2.45, 2.75) is 32.6 Å². The summed E-state index contributed by atoms with van der Waals surface area (Å²) in [4.78, 5) is 10.6. The molecule has 118 valence electrons. The van der Waals surface area contributed by atoms with Gasteiger partial charge in [0.1, 0.15) is 0 Å². The molecule has 8 heteroatoms. The highest BCUT2D eigenvalue weighted by Gasteiger charge is 2.27. The zero-order valence-electron chi connectivity index (χ0n) is 12.7. The van der Waals surface area contributed by atoms with Gasteiger partial charge in [0, 0.05) is 24.2 Å². The molecule has 1 aromatic rings. The quantitative estimate of drug-likeness (QED) is 0.450. The Kier molecular flexibility index (Phi) is 5.82. The highest BCUT2D eigenvalue weighted by molar-refractivity contribution is 7.89. The average Bonchev–Trinajstić information content (AvgIpc) is 2.32. The van der Waals surface area contributed by atoms with Crippen LogP contribution in [0.2, 0.25) is 0 Å². The number of benzene rings is 1. The molecule has 0 radical (unpaired) electrons. The standard InChI is InChI=1S/C13H21N3O4S/c1-5-14-6-7-15-21(19,20)13-10(3)8-9(2)12(11(13)4)16(17)18/h8,14-15H,5-7H2,1-4H3. The molecule has 7 nitrogen and oxygen atoms in total. The van der Waals surface area contributed by atoms with Crippen molar-refractivity contribution >= 4 is 15.7 Å². The molecule has 0 bridgehead atoms. The van der Waals surface area contributed by atoms with Crippen molar-refractivity contribution in [3.8, 4) is 0 Å². The molecule has 1 rings (SSSR count). The number of aryl methyl sites for hydroxylation is 2. The summed E-state index contributed by atoms with van der Waals surface area (Å²) >= 11 is 0. The first kappa shape index (κ1) is 17.5. The second-order valence-corrected chi connectivity index (χ2v) is 6.53. The normalized spacial score (nSPS) is 11.6. The van der Waals surface area contributed by atoms with Crippen molar-refractivity contribution in [3.05, 3.63) is 32.9 Å². The summed E-state index contributed by atoms with van der Waals surface area (Å²) in [6, 6.07) is 1.53. The SMILES string of the molecule is CCNCCNS(=O)(=O)c1c(C)cc(C)c([N+](=O)[O-])c1C. The third-order valence-electron chi connectivity index (χ3n) is 3.16. The van der Waals surface area contributed by atoms with Gasteiger partial charge in [-0.3, -0.25) is 10.1 Å². The lowest BCUT2D eigenvalue weighted by molar-refractivity contribution is -0.386. The molecule has 0 aliphatic heterocycles. The first-order valence-electron chi connectivity index (χ1n) is 6.68. The number of nitro benzene ring substituents is 1. The van der Waals surface area contributed by atoms with E-state index in [0.29, 0.717) is 17.7 Å². The van der Waals surface area contributed by atoms with Gasteiger partial charge in [-0.15, -0.1) is 0 Å². The maximum absolute atomic E-state index is 12.4. The van der Waals surface area contributed by atoms with Crippen LogP contribution in [-0.4, -0.2) is 33.0 Å². The molecular formula is C13H21N3O4S. The van der Waals surface area contributed by atoms with E-state index in [4.69, 9.17) is 0 Å². The summed E-state index contributed by atoms with van der Waals surface area (Å²) in [7, 11) is -3.77. The lowest BCUT2D eigenvalue weighted by Gasteiger charge is -2.13. The van der Waals surface area contributed by atoms with E-state index in [-0.39, 0.29) is 22.7 Å². The largest absolute Gasteiger partial charge is 0.316 e. The first-order valence-corrected chi connectivity index (χ1v) is 8.16. The van der Waals surface area contributed by atoms with Crippen LogP contribution in [0.1, 0.15) is 23.6 Å². The minimum atomic E-state index is -3.77. The molecule has 0 atom stereocenters. The highest BCUT2D eigenvalue weighted by atomic mass is 32.2. The van der Waals surface area contributed by atoms with Crippen LogP contribution in [0, 0.1) is 30.9 Å². The van der Waals surface area contributed by atoms with Gasteiger partial charge in [-0.1, -0.05) is 6.92 Å². The monoisotopic (exact) mass is 315 g/mol. The van der Waals surface area contributed by atoms with Gasteiger partial charge < -0.3 is 5.32 Å². The van der Waals surface area contributed by atoms with E-state index in [1.54, 1.807) is 13.8 Å². The van der Waals surface area contributed by atoms with Crippen LogP contribution in [0.25, 0.3) is 0 Å². The fraction of sp³-hybridized carbons (Fsp3) is 0.538. The van der Waals surface area contributed by atoms with Crippen molar-refractivity contribution in [2.24, 2.45) is 0 Å². The number of hydrogen-bond donors (Lipinski definition) is 2. The third-order valence-corrected chi connectivity index (χ3v) is 4.91. The maximum Gasteiger partial charge on any atom is 0.276 e. The highest BCUT2D eigenvalue weighted by Crippen LogP contribution is 2.31. The van der Waals surface area contributed by atoms with Gasteiger partial charge in [0.25, 0.3) is 5.69 Å². The van der Waals surface area contributed by atoms with Gasteiger partial charge in [-0.2, -0.15) is 0 Å². The Morgan fingerprint density at radius 1 is 1.19 bits per heavy atom. The van der Waals surface area contributed by atoms with Crippen molar-refractivity contribution in [1.82, 2.24) is 10.0 Å². The lowest BCUT2D eigenvalue weighted by Crippen LogP contribution is -2.32. The molecule has 0 aromatic heterocycles. The molecule has 0 saturated heterocycles. The van der Waals surface area contributed by atoms with Gasteiger partial charge in [0.05, 0.1) is 9.82 Å². The Morgan fingerprint density at radius 2 is 1.81 bits per heavy atom. The number of sulfonamides is 1. The van der Waals surface area contributed by atoms with Crippen molar-refractivity contribution in [2.75, 3.05) is 19.6 Å². The molecule has 21 heavy (non-hydrogen) atoms. The van der Waals surface area contributed by atoms with E-state index in [2.05, 4.69) is 10.0 Å². The smallest absolute Gasteiger partial charge is 0.276 e. The Bertz CT molecular complexity index is 641. The van der Waals surface area contributed by atoms with Crippen LogP contribution < -0.4 is 10.0 Å². The Labute approximate surface area is 124 Å². The fourth-order valence-corrected chi connectivity index (χ4v) is 3.87. The zero-order chi connectivity index (χ0) is 16.2. The zero-order valence-corrected chi connectivity index (χ0v) is 13.5. The molecule has 0 amide bonds.